The largest absolute Gasteiger partial charge is 0.328 e. The maximum absolute atomic E-state index is 13.0. The number of aryl methyl sites for hydroxylation is 1. The first-order valence-electron chi connectivity index (χ1n) is 8.27. The molecule has 0 saturated heterocycles. The minimum absolute atomic E-state index is 0.0410. The molecular formula is C17H18N6O2. The second-order valence-electron chi connectivity index (χ2n) is 6.20. The number of amides is 1. The van der Waals surface area contributed by atoms with Gasteiger partial charge in [-0.2, -0.15) is 5.10 Å². The van der Waals surface area contributed by atoms with Crippen molar-refractivity contribution < 1.29 is 4.79 Å². The molecule has 3 aromatic rings. The molecule has 1 aliphatic heterocycles. The van der Waals surface area contributed by atoms with Gasteiger partial charge in [-0.15, -0.1) is 10.2 Å². The van der Waals surface area contributed by atoms with Gasteiger partial charge in [0.05, 0.1) is 18.1 Å². The number of rotatable bonds is 2. The van der Waals surface area contributed by atoms with Gasteiger partial charge in [0.2, 0.25) is 5.43 Å². The van der Waals surface area contributed by atoms with Crippen molar-refractivity contribution in [3.8, 4) is 0 Å². The average molecular weight is 338 g/mol. The zero-order valence-electron chi connectivity index (χ0n) is 14.1. The molecule has 1 amide bonds. The molecule has 0 aliphatic carbocycles. The van der Waals surface area contributed by atoms with E-state index in [1.165, 1.54) is 0 Å². The van der Waals surface area contributed by atoms with Crippen molar-refractivity contribution in [3.63, 3.8) is 0 Å². The first-order valence-corrected chi connectivity index (χ1v) is 8.27. The van der Waals surface area contributed by atoms with Crippen LogP contribution < -0.4 is 5.43 Å². The van der Waals surface area contributed by atoms with Crippen LogP contribution in [0, 0.1) is 0 Å². The number of hydrogen-bond donors (Lipinski definition) is 0. The fraction of sp³-hybridized carbons (Fsp3) is 0.353. The Morgan fingerprint density at radius 2 is 2.12 bits per heavy atom. The molecule has 128 valence electrons. The van der Waals surface area contributed by atoms with E-state index in [1.807, 2.05) is 30.5 Å². The summed E-state index contributed by atoms with van der Waals surface area (Å²) in [5, 5.41) is 12.8. The van der Waals surface area contributed by atoms with Crippen LogP contribution in [0.1, 0.15) is 36.2 Å². The zero-order valence-corrected chi connectivity index (χ0v) is 14.1. The van der Waals surface area contributed by atoms with Gasteiger partial charge in [-0.3, -0.25) is 14.3 Å². The van der Waals surface area contributed by atoms with Crippen LogP contribution in [0.3, 0.4) is 0 Å². The Labute approximate surface area is 143 Å². The molecular weight excluding hydrogens is 320 g/mol. The Kier molecular flexibility index (Phi) is 3.60. The van der Waals surface area contributed by atoms with Crippen LogP contribution in [0.5, 0.6) is 0 Å². The molecule has 4 rings (SSSR count). The average Bonchev–Trinajstić information content (AvgIpc) is 3.11. The second-order valence-corrected chi connectivity index (χ2v) is 6.20. The van der Waals surface area contributed by atoms with Crippen LogP contribution in [-0.4, -0.2) is 41.9 Å². The van der Waals surface area contributed by atoms with E-state index < -0.39 is 0 Å². The first kappa shape index (κ1) is 15.5. The fourth-order valence-corrected chi connectivity index (χ4v) is 3.31. The molecule has 1 unspecified atom stereocenters. The molecule has 0 N–H and O–H groups in total. The van der Waals surface area contributed by atoms with Gasteiger partial charge in [-0.25, -0.2) is 0 Å². The number of aromatic nitrogens is 5. The van der Waals surface area contributed by atoms with Crippen molar-refractivity contribution in [2.75, 3.05) is 6.54 Å². The standard InChI is InChI=1S/C17H18N6O2/c1-3-23-13-7-5-4-6-12(13)16(24)15(20-23)17(25)21-8-11(2)22-10-18-19-14(22)9-21/h4-7,10-11H,3,8-9H2,1-2H3. The Morgan fingerprint density at radius 1 is 1.32 bits per heavy atom. The Bertz CT molecular complexity index is 1020. The quantitative estimate of drug-likeness (QED) is 0.701. The lowest BCUT2D eigenvalue weighted by Gasteiger charge is -2.31. The third-order valence-corrected chi connectivity index (χ3v) is 4.59. The summed E-state index contributed by atoms with van der Waals surface area (Å²) in [6.07, 6.45) is 1.67. The zero-order chi connectivity index (χ0) is 17.6. The summed E-state index contributed by atoms with van der Waals surface area (Å²) >= 11 is 0. The van der Waals surface area contributed by atoms with Crippen molar-refractivity contribution in [3.05, 3.63) is 52.3 Å². The third kappa shape index (κ3) is 2.41. The van der Waals surface area contributed by atoms with E-state index in [2.05, 4.69) is 15.3 Å². The summed E-state index contributed by atoms with van der Waals surface area (Å²) in [5.41, 5.74) is 0.365. The molecule has 0 saturated carbocycles. The fourth-order valence-electron chi connectivity index (χ4n) is 3.31. The van der Waals surface area contributed by atoms with Gasteiger partial charge in [0, 0.05) is 18.5 Å². The first-order chi connectivity index (χ1) is 12.1. The van der Waals surface area contributed by atoms with E-state index in [4.69, 9.17) is 0 Å². The van der Waals surface area contributed by atoms with E-state index in [9.17, 15) is 9.59 Å². The molecule has 8 nitrogen and oxygen atoms in total. The molecule has 1 atom stereocenters. The van der Waals surface area contributed by atoms with Crippen molar-refractivity contribution in [2.24, 2.45) is 0 Å². The predicted octanol–water partition coefficient (Wildman–Crippen LogP) is 1.22. The van der Waals surface area contributed by atoms with Crippen LogP contribution in [0.25, 0.3) is 10.9 Å². The maximum atomic E-state index is 13.0. The van der Waals surface area contributed by atoms with Gasteiger partial charge in [0.1, 0.15) is 6.33 Å². The Balaban J connectivity index is 1.79. The van der Waals surface area contributed by atoms with Crippen LogP contribution >= 0.6 is 0 Å². The lowest BCUT2D eigenvalue weighted by molar-refractivity contribution is 0.0671. The Hall–Kier alpha value is -3.03. The highest BCUT2D eigenvalue weighted by atomic mass is 16.2. The maximum Gasteiger partial charge on any atom is 0.278 e. The van der Waals surface area contributed by atoms with Crippen LogP contribution in [0.15, 0.2) is 35.4 Å². The smallest absolute Gasteiger partial charge is 0.278 e. The van der Waals surface area contributed by atoms with Crippen molar-refractivity contribution in [1.82, 2.24) is 29.4 Å². The summed E-state index contributed by atoms with van der Waals surface area (Å²) in [6.45, 7) is 5.31. The second kappa shape index (κ2) is 5.80. The van der Waals surface area contributed by atoms with Gasteiger partial charge in [-0.05, 0) is 26.0 Å². The minimum Gasteiger partial charge on any atom is -0.328 e. The summed E-state index contributed by atoms with van der Waals surface area (Å²) in [4.78, 5) is 27.4. The van der Waals surface area contributed by atoms with Crippen LogP contribution in [0.2, 0.25) is 0 Å². The molecule has 2 aromatic heterocycles. The summed E-state index contributed by atoms with van der Waals surface area (Å²) in [7, 11) is 0. The van der Waals surface area contributed by atoms with E-state index in [0.717, 1.165) is 5.52 Å². The third-order valence-electron chi connectivity index (χ3n) is 4.59. The van der Waals surface area contributed by atoms with E-state index in [0.29, 0.717) is 30.8 Å². The lowest BCUT2D eigenvalue weighted by atomic mass is 10.1. The molecule has 0 bridgehead atoms. The van der Waals surface area contributed by atoms with Gasteiger partial charge in [-0.1, -0.05) is 12.1 Å². The molecule has 1 aliphatic rings. The van der Waals surface area contributed by atoms with E-state index >= 15 is 0 Å². The topological polar surface area (TPSA) is 85.9 Å². The number of carbonyl (C=O) groups is 1. The van der Waals surface area contributed by atoms with Gasteiger partial charge < -0.3 is 9.47 Å². The molecule has 3 heterocycles. The van der Waals surface area contributed by atoms with Crippen LogP contribution in [-0.2, 0) is 13.1 Å². The molecule has 25 heavy (non-hydrogen) atoms. The van der Waals surface area contributed by atoms with Gasteiger partial charge in [0.15, 0.2) is 11.5 Å². The summed E-state index contributed by atoms with van der Waals surface area (Å²) < 4.78 is 3.64. The van der Waals surface area contributed by atoms with E-state index in [1.54, 1.807) is 28.0 Å². The number of fused-ring (bicyclic) bond motifs is 2. The minimum atomic E-state index is -0.362. The highest BCUT2D eigenvalue weighted by molar-refractivity contribution is 5.95. The van der Waals surface area contributed by atoms with Crippen LogP contribution in [0.4, 0.5) is 0 Å². The van der Waals surface area contributed by atoms with E-state index in [-0.39, 0.29) is 23.1 Å². The lowest BCUT2D eigenvalue weighted by Crippen LogP contribution is -2.42. The number of nitrogens with zero attached hydrogens (tertiary/aromatic N) is 6. The molecule has 0 radical (unpaired) electrons. The van der Waals surface area contributed by atoms with Crippen molar-refractivity contribution >= 4 is 16.8 Å². The molecule has 8 heteroatoms. The Morgan fingerprint density at radius 3 is 2.92 bits per heavy atom. The highest BCUT2D eigenvalue weighted by Crippen LogP contribution is 2.20. The summed E-state index contributed by atoms with van der Waals surface area (Å²) in [6, 6.07) is 7.28. The summed E-state index contributed by atoms with van der Waals surface area (Å²) in [5.74, 6) is 0.350. The van der Waals surface area contributed by atoms with Gasteiger partial charge >= 0.3 is 0 Å². The SMILES string of the molecule is CCn1nc(C(=O)N2Cc3nncn3C(C)C2)c(=O)c2ccccc21. The number of benzene rings is 1. The molecule has 0 fully saturated rings. The van der Waals surface area contributed by atoms with Gasteiger partial charge in [0.25, 0.3) is 5.91 Å². The van der Waals surface area contributed by atoms with Crippen molar-refractivity contribution in [2.45, 2.75) is 33.0 Å². The predicted molar refractivity (Wildman–Crippen MR) is 91.2 cm³/mol. The monoisotopic (exact) mass is 338 g/mol. The number of hydrogen-bond acceptors (Lipinski definition) is 5. The number of carbonyl (C=O) groups excluding carboxylic acids is 1. The molecule has 1 aromatic carbocycles. The molecule has 0 spiro atoms. The normalized spacial score (nSPS) is 16.9. The highest BCUT2D eigenvalue weighted by Gasteiger charge is 2.30. The van der Waals surface area contributed by atoms with Crippen molar-refractivity contribution in [1.29, 1.82) is 0 Å². The number of para-hydroxylation sites is 1.